The first kappa shape index (κ1) is 24.1. The largest absolute Gasteiger partial charge is 0.481 e. The lowest BCUT2D eigenvalue weighted by atomic mass is 9.95. The standard InChI is InChI=1S/C23H25F4N3O/c1-15(13-24)21-12-18(14-30-22(21)31-3)20(16(2)29-10-9-28)8-7-17-5-4-6-19(11-17)23(25,26)27/h4-6,8-12,14-15H,7,13,28H2,1-3H3/b10-9+,20-8+,29-16-. The van der Waals surface area contributed by atoms with Crippen LogP contribution in [0.15, 0.2) is 60.0 Å². The Kier molecular flexibility index (Phi) is 8.36. The van der Waals surface area contributed by atoms with Crippen LogP contribution in [0.4, 0.5) is 17.6 Å². The van der Waals surface area contributed by atoms with Gasteiger partial charge in [-0.05, 0) is 31.0 Å². The van der Waals surface area contributed by atoms with Gasteiger partial charge < -0.3 is 10.5 Å². The van der Waals surface area contributed by atoms with E-state index in [0.717, 1.165) is 12.1 Å². The van der Waals surface area contributed by atoms with Gasteiger partial charge in [0.25, 0.3) is 0 Å². The summed E-state index contributed by atoms with van der Waals surface area (Å²) in [5.74, 6) is -0.115. The van der Waals surface area contributed by atoms with E-state index >= 15 is 0 Å². The number of hydrogen-bond donors (Lipinski definition) is 1. The van der Waals surface area contributed by atoms with Gasteiger partial charge in [-0.1, -0.05) is 31.2 Å². The molecule has 8 heteroatoms. The van der Waals surface area contributed by atoms with Crippen molar-refractivity contribution in [2.75, 3.05) is 13.8 Å². The number of aliphatic imine (C=N–C) groups is 1. The number of aromatic nitrogens is 1. The third kappa shape index (κ3) is 6.41. The van der Waals surface area contributed by atoms with Crippen molar-refractivity contribution in [1.82, 2.24) is 4.98 Å². The van der Waals surface area contributed by atoms with E-state index in [1.54, 1.807) is 38.3 Å². The Morgan fingerprint density at radius 3 is 2.65 bits per heavy atom. The molecule has 2 aromatic rings. The third-order valence-electron chi connectivity index (χ3n) is 4.69. The number of ether oxygens (including phenoxy) is 1. The van der Waals surface area contributed by atoms with Gasteiger partial charge in [-0.25, -0.2) is 4.98 Å². The molecule has 166 valence electrons. The zero-order chi connectivity index (χ0) is 23.0. The van der Waals surface area contributed by atoms with Gasteiger partial charge in [-0.3, -0.25) is 9.38 Å². The number of nitrogens with zero attached hydrogens (tertiary/aromatic N) is 2. The van der Waals surface area contributed by atoms with E-state index in [1.165, 1.54) is 25.6 Å². The molecule has 0 saturated carbocycles. The van der Waals surface area contributed by atoms with Crippen LogP contribution in [0.2, 0.25) is 0 Å². The minimum atomic E-state index is -4.41. The van der Waals surface area contributed by atoms with E-state index < -0.39 is 24.3 Å². The molecule has 2 rings (SSSR count). The Balaban J connectivity index is 2.52. The minimum absolute atomic E-state index is 0.235. The quantitative estimate of drug-likeness (QED) is 0.427. The van der Waals surface area contributed by atoms with Crippen molar-refractivity contribution in [2.45, 2.75) is 32.4 Å². The maximum atomic E-state index is 13.3. The molecule has 1 aromatic carbocycles. The molecule has 1 unspecified atom stereocenters. The molecule has 0 saturated heterocycles. The highest BCUT2D eigenvalue weighted by atomic mass is 19.4. The zero-order valence-corrected chi connectivity index (χ0v) is 17.6. The molecule has 2 N–H and O–H groups in total. The first-order valence-corrected chi connectivity index (χ1v) is 9.59. The fraction of sp³-hybridized carbons (Fsp3) is 0.304. The van der Waals surface area contributed by atoms with E-state index in [1.807, 2.05) is 0 Å². The lowest BCUT2D eigenvalue weighted by Crippen LogP contribution is -2.06. The van der Waals surface area contributed by atoms with Gasteiger partial charge in [0.2, 0.25) is 5.88 Å². The van der Waals surface area contributed by atoms with Crippen LogP contribution >= 0.6 is 0 Å². The van der Waals surface area contributed by atoms with Crippen LogP contribution in [0.25, 0.3) is 5.57 Å². The maximum absolute atomic E-state index is 13.3. The van der Waals surface area contributed by atoms with Crippen molar-refractivity contribution < 1.29 is 22.3 Å². The lowest BCUT2D eigenvalue weighted by Gasteiger charge is -2.15. The fourth-order valence-corrected chi connectivity index (χ4v) is 3.02. The van der Waals surface area contributed by atoms with E-state index in [4.69, 9.17) is 10.5 Å². The Bertz CT molecular complexity index is 981. The Morgan fingerprint density at radius 1 is 1.29 bits per heavy atom. The molecular formula is C23H25F4N3O. The van der Waals surface area contributed by atoms with Crippen molar-refractivity contribution >= 4 is 11.3 Å². The normalized spacial score (nSPS) is 14.2. The summed E-state index contributed by atoms with van der Waals surface area (Å²) in [6.07, 6.45) is 1.84. The molecule has 0 radical (unpaired) electrons. The van der Waals surface area contributed by atoms with Gasteiger partial charge in [-0.15, -0.1) is 0 Å². The number of rotatable bonds is 8. The molecule has 31 heavy (non-hydrogen) atoms. The fourth-order valence-electron chi connectivity index (χ4n) is 3.02. The maximum Gasteiger partial charge on any atom is 0.416 e. The van der Waals surface area contributed by atoms with Crippen LogP contribution in [0.1, 0.15) is 42.0 Å². The van der Waals surface area contributed by atoms with E-state index in [9.17, 15) is 17.6 Å². The molecule has 0 aliphatic heterocycles. The molecule has 1 aromatic heterocycles. The summed E-state index contributed by atoms with van der Waals surface area (Å²) in [4.78, 5) is 8.53. The number of hydrogen-bond acceptors (Lipinski definition) is 4. The predicted molar refractivity (Wildman–Crippen MR) is 115 cm³/mol. The lowest BCUT2D eigenvalue weighted by molar-refractivity contribution is -0.137. The van der Waals surface area contributed by atoms with Crippen LogP contribution < -0.4 is 10.5 Å². The van der Waals surface area contributed by atoms with Crippen molar-refractivity contribution in [3.05, 3.63) is 77.3 Å². The number of benzene rings is 1. The highest BCUT2D eigenvalue weighted by Gasteiger charge is 2.30. The van der Waals surface area contributed by atoms with Crippen molar-refractivity contribution in [3.8, 4) is 5.88 Å². The number of methoxy groups -OCH3 is 1. The summed E-state index contributed by atoms with van der Waals surface area (Å²) in [6.45, 7) is 2.88. The van der Waals surface area contributed by atoms with Crippen LogP contribution in [0.3, 0.4) is 0 Å². The first-order valence-electron chi connectivity index (χ1n) is 9.59. The van der Waals surface area contributed by atoms with Gasteiger partial charge in [0.05, 0.1) is 19.3 Å². The third-order valence-corrected chi connectivity index (χ3v) is 4.69. The van der Waals surface area contributed by atoms with Gasteiger partial charge in [0.15, 0.2) is 0 Å². The molecule has 0 spiro atoms. The summed E-state index contributed by atoms with van der Waals surface area (Å²) in [5, 5.41) is 0. The Hall–Kier alpha value is -3.16. The minimum Gasteiger partial charge on any atom is -0.481 e. The molecular weight excluding hydrogens is 410 g/mol. The number of alkyl halides is 4. The van der Waals surface area contributed by atoms with Crippen molar-refractivity contribution in [3.63, 3.8) is 0 Å². The molecule has 0 aliphatic carbocycles. The smallest absolute Gasteiger partial charge is 0.416 e. The second-order valence-electron chi connectivity index (χ2n) is 6.95. The van der Waals surface area contributed by atoms with Gasteiger partial charge >= 0.3 is 6.18 Å². The Labute approximate surface area is 179 Å². The average Bonchev–Trinajstić information content (AvgIpc) is 2.76. The van der Waals surface area contributed by atoms with E-state index in [0.29, 0.717) is 33.9 Å². The van der Waals surface area contributed by atoms with E-state index in [2.05, 4.69) is 9.98 Å². The summed E-state index contributed by atoms with van der Waals surface area (Å²) in [5.41, 5.74) is 7.63. The van der Waals surface area contributed by atoms with Crippen LogP contribution in [-0.2, 0) is 12.6 Å². The number of nitrogens with two attached hydrogens (primary N) is 1. The molecule has 4 nitrogen and oxygen atoms in total. The Morgan fingerprint density at radius 2 is 2.03 bits per heavy atom. The van der Waals surface area contributed by atoms with Crippen LogP contribution in [0.5, 0.6) is 5.88 Å². The van der Waals surface area contributed by atoms with Gasteiger partial charge in [-0.2, -0.15) is 13.2 Å². The predicted octanol–water partition coefficient (Wildman–Crippen LogP) is 5.70. The SMILES string of the molecule is COc1ncc(C(=C/Cc2cccc(C(F)(F)F)c2)/C(C)=N\C=C\N)cc1C(C)CF. The highest BCUT2D eigenvalue weighted by Crippen LogP contribution is 2.31. The number of halogens is 4. The summed E-state index contributed by atoms with van der Waals surface area (Å²) in [6, 6.07) is 6.91. The molecule has 0 aliphatic rings. The molecule has 1 heterocycles. The monoisotopic (exact) mass is 435 g/mol. The summed E-state index contributed by atoms with van der Waals surface area (Å²) < 4.78 is 57.6. The van der Waals surface area contributed by atoms with Gasteiger partial charge in [0.1, 0.15) is 0 Å². The zero-order valence-electron chi connectivity index (χ0n) is 17.6. The summed E-state index contributed by atoms with van der Waals surface area (Å²) >= 11 is 0. The van der Waals surface area contributed by atoms with Gasteiger partial charge in [0, 0.05) is 46.9 Å². The summed E-state index contributed by atoms with van der Waals surface area (Å²) in [7, 11) is 1.46. The number of allylic oxidation sites excluding steroid dienone is 2. The highest BCUT2D eigenvalue weighted by molar-refractivity contribution is 6.22. The molecule has 0 bridgehead atoms. The molecule has 1 atom stereocenters. The van der Waals surface area contributed by atoms with Crippen molar-refractivity contribution in [2.24, 2.45) is 10.7 Å². The van der Waals surface area contributed by atoms with Crippen LogP contribution in [-0.4, -0.2) is 24.5 Å². The first-order chi connectivity index (χ1) is 14.7. The molecule has 0 amide bonds. The van der Waals surface area contributed by atoms with Crippen LogP contribution in [0, 0.1) is 0 Å². The average molecular weight is 435 g/mol. The topological polar surface area (TPSA) is 60.5 Å². The van der Waals surface area contributed by atoms with E-state index in [-0.39, 0.29) is 6.42 Å². The number of pyridine rings is 1. The second-order valence-corrected chi connectivity index (χ2v) is 6.95. The van der Waals surface area contributed by atoms with Crippen molar-refractivity contribution in [1.29, 1.82) is 0 Å². The second kappa shape index (κ2) is 10.7. The molecule has 0 fully saturated rings.